The highest BCUT2D eigenvalue weighted by molar-refractivity contribution is 5.91. The molecule has 0 bridgehead atoms. The van der Waals surface area contributed by atoms with Gasteiger partial charge < -0.3 is 14.8 Å². The van der Waals surface area contributed by atoms with Crippen molar-refractivity contribution >= 4 is 28.5 Å². The number of hydrogen-bond donors (Lipinski definition) is 2. The molecule has 2 aromatic heterocycles. The third-order valence-electron chi connectivity index (χ3n) is 4.23. The van der Waals surface area contributed by atoms with Crippen LogP contribution in [0.15, 0.2) is 41.1 Å². The number of aromatic amines is 1. The molecule has 7 heteroatoms. The summed E-state index contributed by atoms with van der Waals surface area (Å²) in [6, 6.07) is 9.76. The number of carbonyl (C=O) groups excluding carboxylic acids is 2. The maximum absolute atomic E-state index is 12.1. The van der Waals surface area contributed by atoms with Gasteiger partial charge in [-0.25, -0.2) is 0 Å². The third-order valence-corrected chi connectivity index (χ3v) is 4.23. The summed E-state index contributed by atoms with van der Waals surface area (Å²) in [5.74, 6) is 0.775. The van der Waals surface area contributed by atoms with E-state index in [4.69, 9.17) is 4.52 Å². The Bertz CT molecular complexity index is 912. The summed E-state index contributed by atoms with van der Waals surface area (Å²) in [7, 11) is 0. The standard InChI is InChI=1S/C19H22N4O3/c1-13-11-18(22-26-13)23(14(2)24)10-8-19(25)20-9-7-15-12-21-17-6-4-3-5-16(15)17/h3-6,11-12,21H,7-10H2,1-2H3,(H,20,25). The van der Waals surface area contributed by atoms with E-state index >= 15 is 0 Å². The van der Waals surface area contributed by atoms with Gasteiger partial charge in [-0.15, -0.1) is 0 Å². The second kappa shape index (κ2) is 7.86. The number of hydrogen-bond acceptors (Lipinski definition) is 4. The van der Waals surface area contributed by atoms with Crippen LogP contribution in [0.4, 0.5) is 5.82 Å². The third kappa shape index (κ3) is 4.11. The van der Waals surface area contributed by atoms with E-state index < -0.39 is 0 Å². The van der Waals surface area contributed by atoms with E-state index in [-0.39, 0.29) is 24.8 Å². The number of para-hydroxylation sites is 1. The first kappa shape index (κ1) is 17.7. The molecule has 2 amide bonds. The van der Waals surface area contributed by atoms with Gasteiger partial charge in [-0.2, -0.15) is 0 Å². The van der Waals surface area contributed by atoms with Crippen LogP contribution in [0, 0.1) is 6.92 Å². The number of benzene rings is 1. The molecule has 0 saturated carbocycles. The van der Waals surface area contributed by atoms with Crippen LogP contribution in [0.25, 0.3) is 10.9 Å². The second-order valence-corrected chi connectivity index (χ2v) is 6.18. The van der Waals surface area contributed by atoms with Gasteiger partial charge in [0.2, 0.25) is 11.8 Å². The van der Waals surface area contributed by atoms with Crippen LogP contribution in [-0.2, 0) is 16.0 Å². The zero-order valence-electron chi connectivity index (χ0n) is 14.9. The van der Waals surface area contributed by atoms with Crippen LogP contribution < -0.4 is 10.2 Å². The Balaban J connectivity index is 1.48. The van der Waals surface area contributed by atoms with Crippen LogP contribution in [-0.4, -0.2) is 35.0 Å². The molecule has 1 aromatic carbocycles. The molecule has 0 aliphatic rings. The van der Waals surface area contributed by atoms with Crippen molar-refractivity contribution in [2.45, 2.75) is 26.7 Å². The smallest absolute Gasteiger partial charge is 0.225 e. The Morgan fingerprint density at radius 2 is 2.12 bits per heavy atom. The van der Waals surface area contributed by atoms with Gasteiger partial charge in [0, 0.05) is 49.6 Å². The molecule has 0 radical (unpaired) electrons. The number of fused-ring (bicyclic) bond motifs is 1. The van der Waals surface area contributed by atoms with E-state index in [0.29, 0.717) is 18.1 Å². The molecule has 3 rings (SSSR count). The minimum absolute atomic E-state index is 0.101. The van der Waals surface area contributed by atoms with Crippen molar-refractivity contribution in [3.63, 3.8) is 0 Å². The lowest BCUT2D eigenvalue weighted by Crippen LogP contribution is -2.34. The molecular weight excluding hydrogens is 332 g/mol. The van der Waals surface area contributed by atoms with Gasteiger partial charge in [0.05, 0.1) is 0 Å². The number of aryl methyl sites for hydroxylation is 1. The number of nitrogens with one attached hydrogen (secondary N) is 2. The predicted octanol–water partition coefficient (Wildman–Crippen LogP) is 2.57. The quantitative estimate of drug-likeness (QED) is 0.682. The Labute approximate surface area is 151 Å². The van der Waals surface area contributed by atoms with Gasteiger partial charge in [-0.3, -0.25) is 14.5 Å². The average Bonchev–Trinajstić information content (AvgIpc) is 3.22. The fourth-order valence-electron chi connectivity index (χ4n) is 2.89. The molecule has 3 aromatic rings. The number of rotatable bonds is 7. The number of nitrogens with zero attached hydrogens (tertiary/aromatic N) is 2. The molecular formula is C19H22N4O3. The minimum Gasteiger partial charge on any atom is -0.361 e. The minimum atomic E-state index is -0.176. The molecule has 2 heterocycles. The van der Waals surface area contributed by atoms with E-state index in [1.54, 1.807) is 13.0 Å². The Kier molecular flexibility index (Phi) is 5.36. The van der Waals surface area contributed by atoms with Crippen LogP contribution in [0.2, 0.25) is 0 Å². The van der Waals surface area contributed by atoms with Crippen molar-refractivity contribution in [3.8, 4) is 0 Å². The first-order chi connectivity index (χ1) is 12.5. The summed E-state index contributed by atoms with van der Waals surface area (Å²) < 4.78 is 5.00. The molecule has 0 fully saturated rings. The highest BCUT2D eigenvalue weighted by atomic mass is 16.5. The molecule has 0 atom stereocenters. The summed E-state index contributed by atoms with van der Waals surface area (Å²) in [4.78, 5) is 28.5. The summed E-state index contributed by atoms with van der Waals surface area (Å²) in [6.45, 7) is 4.01. The normalized spacial score (nSPS) is 10.8. The van der Waals surface area contributed by atoms with Gasteiger partial charge in [-0.1, -0.05) is 23.4 Å². The van der Waals surface area contributed by atoms with Crippen molar-refractivity contribution < 1.29 is 14.1 Å². The highest BCUT2D eigenvalue weighted by Crippen LogP contribution is 2.18. The molecule has 7 nitrogen and oxygen atoms in total. The van der Waals surface area contributed by atoms with E-state index in [9.17, 15) is 9.59 Å². The molecule has 0 spiro atoms. The fraction of sp³-hybridized carbons (Fsp3) is 0.316. The summed E-state index contributed by atoms with van der Waals surface area (Å²) in [5.41, 5.74) is 2.26. The topological polar surface area (TPSA) is 91.2 Å². The summed E-state index contributed by atoms with van der Waals surface area (Å²) in [5, 5.41) is 7.91. The Hall–Kier alpha value is -3.09. The largest absolute Gasteiger partial charge is 0.361 e. The Morgan fingerprint density at radius 1 is 1.31 bits per heavy atom. The van der Waals surface area contributed by atoms with Crippen molar-refractivity contribution in [1.29, 1.82) is 0 Å². The lowest BCUT2D eigenvalue weighted by molar-refractivity contribution is -0.121. The van der Waals surface area contributed by atoms with Crippen molar-refractivity contribution in [3.05, 3.63) is 47.9 Å². The highest BCUT2D eigenvalue weighted by Gasteiger charge is 2.16. The lowest BCUT2D eigenvalue weighted by atomic mass is 10.1. The number of carbonyl (C=O) groups is 2. The molecule has 2 N–H and O–H groups in total. The zero-order valence-corrected chi connectivity index (χ0v) is 14.9. The number of anilines is 1. The fourth-order valence-corrected chi connectivity index (χ4v) is 2.89. The zero-order chi connectivity index (χ0) is 18.5. The lowest BCUT2D eigenvalue weighted by Gasteiger charge is -2.17. The van der Waals surface area contributed by atoms with Gasteiger partial charge >= 0.3 is 0 Å². The first-order valence-corrected chi connectivity index (χ1v) is 8.57. The van der Waals surface area contributed by atoms with Crippen LogP contribution >= 0.6 is 0 Å². The second-order valence-electron chi connectivity index (χ2n) is 6.18. The van der Waals surface area contributed by atoms with E-state index in [2.05, 4.69) is 21.5 Å². The van der Waals surface area contributed by atoms with Gasteiger partial charge in [0.15, 0.2) is 5.82 Å². The number of H-pyrrole nitrogens is 1. The average molecular weight is 354 g/mol. The van der Waals surface area contributed by atoms with Crippen molar-refractivity contribution in [2.24, 2.45) is 0 Å². The SMILES string of the molecule is CC(=O)N(CCC(=O)NCCc1c[nH]c2ccccc12)c1cc(C)on1. The molecule has 26 heavy (non-hydrogen) atoms. The molecule has 0 saturated heterocycles. The maximum atomic E-state index is 12.1. The number of amides is 2. The van der Waals surface area contributed by atoms with E-state index in [1.807, 2.05) is 24.4 Å². The van der Waals surface area contributed by atoms with Crippen LogP contribution in [0.1, 0.15) is 24.7 Å². The van der Waals surface area contributed by atoms with Crippen molar-refractivity contribution in [2.75, 3.05) is 18.0 Å². The maximum Gasteiger partial charge on any atom is 0.225 e. The van der Waals surface area contributed by atoms with Crippen LogP contribution in [0.5, 0.6) is 0 Å². The molecule has 0 aliphatic carbocycles. The van der Waals surface area contributed by atoms with Gasteiger partial charge in [-0.05, 0) is 25.0 Å². The predicted molar refractivity (Wildman–Crippen MR) is 98.9 cm³/mol. The molecule has 0 unspecified atom stereocenters. The van der Waals surface area contributed by atoms with E-state index in [1.165, 1.54) is 22.8 Å². The molecule has 136 valence electrons. The van der Waals surface area contributed by atoms with Gasteiger partial charge in [0.1, 0.15) is 5.76 Å². The monoisotopic (exact) mass is 354 g/mol. The first-order valence-electron chi connectivity index (χ1n) is 8.57. The molecule has 0 aliphatic heterocycles. The summed E-state index contributed by atoms with van der Waals surface area (Å²) in [6.07, 6.45) is 2.93. The van der Waals surface area contributed by atoms with Gasteiger partial charge in [0.25, 0.3) is 0 Å². The van der Waals surface area contributed by atoms with E-state index in [0.717, 1.165) is 11.9 Å². The summed E-state index contributed by atoms with van der Waals surface area (Å²) >= 11 is 0. The van der Waals surface area contributed by atoms with Crippen LogP contribution in [0.3, 0.4) is 0 Å². The number of aromatic nitrogens is 2. The van der Waals surface area contributed by atoms with Crippen molar-refractivity contribution in [1.82, 2.24) is 15.5 Å². The Morgan fingerprint density at radius 3 is 2.85 bits per heavy atom.